The molecule has 6 aromatic heterocycles. The number of rotatable bonds is 10. The smallest absolute Gasteiger partial charge is 0.265 e. The Labute approximate surface area is 397 Å². The first-order chi connectivity index (χ1) is 33.3. The molecule has 0 saturated heterocycles. The number of allylic oxidation sites excluding steroid dienone is 4. The maximum atomic E-state index is 11.8. The van der Waals surface area contributed by atoms with Gasteiger partial charge in [0.1, 0.15) is 25.3 Å². The molecule has 0 amide bonds. The van der Waals surface area contributed by atoms with Crippen molar-refractivity contribution >= 4 is 24.8 Å². The summed E-state index contributed by atoms with van der Waals surface area (Å²) in [6, 6.07) is 26.6. The van der Waals surface area contributed by atoms with Gasteiger partial charge >= 0.3 is 22.8 Å². The molecule has 68 heavy (non-hydrogen) atoms. The van der Waals surface area contributed by atoms with Crippen LogP contribution in [0.5, 0.6) is 0 Å². The minimum absolute atomic E-state index is 0.123. The molecular formula is C50H64N14O4. The largest absolute Gasteiger partial charge is 0.354 e. The summed E-state index contributed by atoms with van der Waals surface area (Å²) in [6.45, 7) is 20.4. The maximum absolute atomic E-state index is 11.8. The second kappa shape index (κ2) is 32.2. The summed E-state index contributed by atoms with van der Waals surface area (Å²) in [6.07, 6.45) is 26.3. The third kappa shape index (κ3) is 17.1. The fourth-order valence-electron chi connectivity index (χ4n) is 5.43. The highest BCUT2D eigenvalue weighted by molar-refractivity contribution is 5.29. The Kier molecular flexibility index (Phi) is 26.3. The summed E-state index contributed by atoms with van der Waals surface area (Å²) < 4.78 is 11.2. The standard InChI is InChI=1S/2C12H13N3O.2C10H10N4O.3C2H6/c2*1-2-8-14-10-13-15(12(14)16)9-11-6-4-3-5-7-11;1-2-7-13-8-12-14(10(13)15)9-3-5-11-6-4-9;1-2-6-13-8-12-14(10(13)15)9-4-3-5-11-7-9;3*1-2/h2*2-8,10H,9H2,1H3;2*2-8H,1H3;3*1-2H3/b2*8-2-;7-2-;6-2-;;;. The van der Waals surface area contributed by atoms with Gasteiger partial charge in [0.05, 0.1) is 30.7 Å². The van der Waals surface area contributed by atoms with Crippen LogP contribution in [0.15, 0.2) is 179 Å². The van der Waals surface area contributed by atoms with Crippen molar-refractivity contribution < 1.29 is 0 Å². The summed E-state index contributed by atoms with van der Waals surface area (Å²) >= 11 is 0. The molecule has 0 aliphatic carbocycles. The highest BCUT2D eigenvalue weighted by Crippen LogP contribution is 2.02. The third-order valence-corrected chi connectivity index (χ3v) is 8.29. The molecule has 18 heteroatoms. The van der Waals surface area contributed by atoms with Gasteiger partial charge in [-0.05, 0) is 63.1 Å². The van der Waals surface area contributed by atoms with E-state index in [2.05, 4.69) is 30.4 Å². The molecule has 0 aliphatic heterocycles. The van der Waals surface area contributed by atoms with E-state index in [1.165, 1.54) is 62.3 Å². The number of nitrogens with zero attached hydrogens (tertiary/aromatic N) is 14. The quantitative estimate of drug-likeness (QED) is 0.130. The Balaban J connectivity index is 0.000000300. The van der Waals surface area contributed by atoms with Crippen LogP contribution in [0.3, 0.4) is 0 Å². The molecule has 18 nitrogen and oxygen atoms in total. The minimum atomic E-state index is -0.207. The molecule has 6 heterocycles. The van der Waals surface area contributed by atoms with Crippen LogP contribution in [-0.4, -0.2) is 67.4 Å². The van der Waals surface area contributed by atoms with Gasteiger partial charge in [0.15, 0.2) is 0 Å². The van der Waals surface area contributed by atoms with Gasteiger partial charge in [-0.15, -0.1) is 0 Å². The van der Waals surface area contributed by atoms with Crippen LogP contribution in [0.2, 0.25) is 0 Å². The van der Waals surface area contributed by atoms with Gasteiger partial charge < -0.3 is 0 Å². The molecule has 0 aliphatic rings. The Morgan fingerprint density at radius 3 is 1.13 bits per heavy atom. The molecule has 8 aromatic rings. The Hall–Kier alpha value is -8.54. The zero-order valence-corrected chi connectivity index (χ0v) is 40.6. The SMILES string of the molecule is C/C=C\n1cnn(-c2cccnc2)c1=O.C/C=C\n1cnn(-c2ccncc2)c1=O.C/C=C\n1cnn(Cc2ccccc2)c1=O.C/C=C\n1cnn(Cc2ccccc2)c1=O.CC.CC.CC. The van der Waals surface area contributed by atoms with Crippen LogP contribution in [0.25, 0.3) is 36.2 Å². The van der Waals surface area contributed by atoms with Gasteiger partial charge in [-0.2, -0.15) is 29.8 Å². The average molecular weight is 925 g/mol. The molecule has 358 valence electrons. The van der Waals surface area contributed by atoms with E-state index < -0.39 is 0 Å². The lowest BCUT2D eigenvalue weighted by molar-refractivity contribution is 0.655. The fraction of sp³-hybridized carbons (Fsp3) is 0.240. The summed E-state index contributed by atoms with van der Waals surface area (Å²) in [5, 5.41) is 16.1. The van der Waals surface area contributed by atoms with Crippen molar-refractivity contribution in [1.29, 1.82) is 0 Å². The molecule has 2 aromatic carbocycles. The van der Waals surface area contributed by atoms with Crippen LogP contribution in [0.4, 0.5) is 0 Å². The van der Waals surface area contributed by atoms with Crippen molar-refractivity contribution in [3.05, 3.63) is 212 Å². The number of pyridine rings is 2. The molecule has 0 unspecified atom stereocenters. The first-order valence-corrected chi connectivity index (χ1v) is 22.3. The van der Waals surface area contributed by atoms with Crippen LogP contribution < -0.4 is 22.8 Å². The van der Waals surface area contributed by atoms with Crippen molar-refractivity contribution in [2.24, 2.45) is 0 Å². The minimum Gasteiger partial charge on any atom is -0.265 e. The highest BCUT2D eigenvalue weighted by atomic mass is 16.2. The third-order valence-electron chi connectivity index (χ3n) is 8.29. The second-order valence-electron chi connectivity index (χ2n) is 12.7. The van der Waals surface area contributed by atoms with Crippen LogP contribution in [0.1, 0.15) is 80.4 Å². The van der Waals surface area contributed by atoms with Crippen LogP contribution >= 0.6 is 0 Å². The first-order valence-electron chi connectivity index (χ1n) is 22.3. The summed E-state index contributed by atoms with van der Waals surface area (Å²) in [5.74, 6) is 0. The van der Waals surface area contributed by atoms with Gasteiger partial charge in [0.25, 0.3) is 0 Å². The van der Waals surface area contributed by atoms with E-state index in [9.17, 15) is 19.2 Å². The zero-order valence-electron chi connectivity index (χ0n) is 40.6. The van der Waals surface area contributed by atoms with Gasteiger partial charge in [0.2, 0.25) is 0 Å². The van der Waals surface area contributed by atoms with Crippen LogP contribution in [0, 0.1) is 0 Å². The maximum Gasteiger partial charge on any atom is 0.354 e. The molecule has 8 rings (SSSR count). The monoisotopic (exact) mass is 925 g/mol. The Bertz CT molecular complexity index is 2730. The lowest BCUT2D eigenvalue weighted by Gasteiger charge is -1.98. The van der Waals surface area contributed by atoms with E-state index in [1.807, 2.05) is 130 Å². The molecule has 0 atom stereocenters. The van der Waals surface area contributed by atoms with Crippen molar-refractivity contribution in [3.8, 4) is 11.4 Å². The predicted octanol–water partition coefficient (Wildman–Crippen LogP) is 8.09. The van der Waals surface area contributed by atoms with Gasteiger partial charge in [-0.1, -0.05) is 127 Å². The van der Waals surface area contributed by atoms with Crippen molar-refractivity contribution in [3.63, 3.8) is 0 Å². The molecule has 0 bridgehead atoms. The van der Waals surface area contributed by atoms with Crippen molar-refractivity contribution in [1.82, 2.24) is 67.4 Å². The van der Waals surface area contributed by atoms with E-state index in [4.69, 9.17) is 0 Å². The average Bonchev–Trinajstić information content (AvgIpc) is 4.16. The molecule has 0 saturated carbocycles. The second-order valence-corrected chi connectivity index (χ2v) is 12.7. The van der Waals surface area contributed by atoms with Gasteiger partial charge in [-0.3, -0.25) is 28.2 Å². The number of benzene rings is 2. The number of hydrogen-bond acceptors (Lipinski definition) is 10. The molecule has 0 fully saturated rings. The summed E-state index contributed by atoms with van der Waals surface area (Å²) in [7, 11) is 0. The summed E-state index contributed by atoms with van der Waals surface area (Å²) in [5.41, 5.74) is 2.85. The molecule has 0 N–H and O–H groups in total. The Morgan fingerprint density at radius 2 is 0.765 bits per heavy atom. The van der Waals surface area contributed by atoms with E-state index >= 15 is 0 Å². The molecule has 0 spiro atoms. The number of aromatic nitrogens is 14. The van der Waals surface area contributed by atoms with Gasteiger partial charge in [-0.25, -0.2) is 28.5 Å². The zero-order chi connectivity index (χ0) is 50.1. The fourth-order valence-corrected chi connectivity index (χ4v) is 5.43. The highest BCUT2D eigenvalue weighted by Gasteiger charge is 2.06. The van der Waals surface area contributed by atoms with E-state index in [0.717, 1.165) is 11.1 Å². The lowest BCUT2D eigenvalue weighted by Crippen LogP contribution is -2.22. The molecule has 0 radical (unpaired) electrons. The van der Waals surface area contributed by atoms with Crippen molar-refractivity contribution in [2.75, 3.05) is 0 Å². The first kappa shape index (κ1) is 55.6. The topological polar surface area (TPSA) is 185 Å². The lowest BCUT2D eigenvalue weighted by atomic mass is 10.2. The van der Waals surface area contributed by atoms with Crippen molar-refractivity contribution in [2.45, 2.75) is 82.3 Å². The number of hydrogen-bond donors (Lipinski definition) is 0. The predicted molar refractivity (Wildman–Crippen MR) is 273 cm³/mol. The summed E-state index contributed by atoms with van der Waals surface area (Å²) in [4.78, 5) is 54.9. The normalized spacial score (nSPS) is 10.3. The van der Waals surface area contributed by atoms with E-state index in [0.29, 0.717) is 24.5 Å². The van der Waals surface area contributed by atoms with Gasteiger partial charge in [0, 0.05) is 43.4 Å². The Morgan fingerprint density at radius 1 is 0.397 bits per heavy atom. The van der Waals surface area contributed by atoms with E-state index in [1.54, 1.807) is 98.2 Å². The van der Waals surface area contributed by atoms with Crippen LogP contribution in [-0.2, 0) is 13.1 Å². The molecular weight excluding hydrogens is 861 g/mol. The van der Waals surface area contributed by atoms with E-state index in [-0.39, 0.29) is 22.8 Å².